The maximum atomic E-state index is 4.55. The third kappa shape index (κ3) is 1.11. The van der Waals surface area contributed by atoms with Crippen LogP contribution in [0.5, 0.6) is 0 Å². The Morgan fingerprint density at radius 1 is 1.17 bits per heavy atom. The number of rotatable bonds is 1. The van der Waals surface area contributed by atoms with E-state index in [2.05, 4.69) is 52.0 Å². The lowest BCUT2D eigenvalue weighted by atomic mass is 10.1. The first-order valence-electron chi connectivity index (χ1n) is 6.49. The van der Waals surface area contributed by atoms with Crippen molar-refractivity contribution in [2.24, 2.45) is 0 Å². The number of para-hydroxylation sites is 1. The smallest absolute Gasteiger partial charge is 0.154 e. The number of hydrogen-bond acceptors (Lipinski definition) is 3. The molecule has 2 aliphatic heterocycles. The number of aromatic nitrogens is 1. The molecule has 0 spiro atoms. The zero-order valence-corrected chi connectivity index (χ0v) is 10.4. The Morgan fingerprint density at radius 2 is 2.00 bits per heavy atom. The maximum absolute atomic E-state index is 4.55. The van der Waals surface area contributed by atoms with Crippen molar-refractivity contribution in [2.45, 2.75) is 19.5 Å². The first kappa shape index (κ1) is 9.95. The molecule has 1 unspecified atom stereocenters. The molecule has 0 fully saturated rings. The van der Waals surface area contributed by atoms with Gasteiger partial charge in [-0.25, -0.2) is 4.98 Å². The van der Waals surface area contributed by atoms with Gasteiger partial charge in [0.1, 0.15) is 6.17 Å². The molecule has 0 saturated carbocycles. The quantitative estimate of drug-likeness (QED) is 0.760. The predicted octanol–water partition coefficient (Wildman–Crippen LogP) is 2.94. The van der Waals surface area contributed by atoms with Crippen molar-refractivity contribution in [3.8, 4) is 0 Å². The van der Waals surface area contributed by atoms with Gasteiger partial charge in [-0.15, -0.1) is 0 Å². The van der Waals surface area contributed by atoms with Crippen molar-refractivity contribution in [3.63, 3.8) is 0 Å². The number of pyridine rings is 1. The highest BCUT2D eigenvalue weighted by Gasteiger charge is 2.41. The number of anilines is 3. The van der Waals surface area contributed by atoms with Crippen LogP contribution in [0.4, 0.5) is 17.2 Å². The van der Waals surface area contributed by atoms with Crippen molar-refractivity contribution < 1.29 is 0 Å². The van der Waals surface area contributed by atoms with Gasteiger partial charge in [0.25, 0.3) is 0 Å². The summed E-state index contributed by atoms with van der Waals surface area (Å²) in [6.45, 7) is 3.20. The summed E-state index contributed by atoms with van der Waals surface area (Å²) < 4.78 is 0. The summed E-state index contributed by atoms with van der Waals surface area (Å²) in [6, 6.07) is 12.9. The lowest BCUT2D eigenvalue weighted by Crippen LogP contribution is -2.38. The van der Waals surface area contributed by atoms with Crippen LogP contribution < -0.4 is 9.80 Å². The van der Waals surface area contributed by atoms with Gasteiger partial charge in [0.05, 0.1) is 5.69 Å². The van der Waals surface area contributed by atoms with Gasteiger partial charge in [0.15, 0.2) is 5.82 Å². The van der Waals surface area contributed by atoms with Gasteiger partial charge < -0.3 is 9.80 Å². The molecular formula is C15H15N3. The summed E-state index contributed by atoms with van der Waals surface area (Å²) in [7, 11) is 0. The summed E-state index contributed by atoms with van der Waals surface area (Å²) in [5, 5.41) is 0. The Balaban J connectivity index is 1.93. The fourth-order valence-corrected chi connectivity index (χ4v) is 3.21. The molecule has 2 aromatic rings. The average Bonchev–Trinajstić information content (AvgIpc) is 2.92. The molecule has 3 heterocycles. The van der Waals surface area contributed by atoms with E-state index in [1.165, 1.54) is 16.9 Å². The van der Waals surface area contributed by atoms with E-state index in [-0.39, 0.29) is 0 Å². The molecule has 90 valence electrons. The SMILES string of the molecule is CCN1c2ncccc2N2c3ccccc3CC12. The van der Waals surface area contributed by atoms with Gasteiger partial charge in [-0.05, 0) is 30.7 Å². The summed E-state index contributed by atoms with van der Waals surface area (Å²) in [4.78, 5) is 9.38. The summed E-state index contributed by atoms with van der Waals surface area (Å²) in [6.07, 6.45) is 3.38. The third-order valence-corrected chi connectivity index (χ3v) is 3.95. The summed E-state index contributed by atoms with van der Waals surface area (Å²) in [5.74, 6) is 1.12. The molecule has 0 bridgehead atoms. The molecule has 3 nitrogen and oxygen atoms in total. The second kappa shape index (κ2) is 3.48. The van der Waals surface area contributed by atoms with E-state index in [1.807, 2.05) is 12.3 Å². The molecule has 1 aromatic heterocycles. The lowest BCUT2D eigenvalue weighted by molar-refractivity contribution is 0.661. The second-order valence-corrected chi connectivity index (χ2v) is 4.82. The zero-order valence-electron chi connectivity index (χ0n) is 10.4. The van der Waals surface area contributed by atoms with E-state index in [1.54, 1.807) is 0 Å². The Bertz CT molecular complexity index is 608. The monoisotopic (exact) mass is 237 g/mol. The first-order chi connectivity index (χ1) is 8.90. The number of nitrogens with zero attached hydrogens (tertiary/aromatic N) is 3. The van der Waals surface area contributed by atoms with Gasteiger partial charge in [0, 0.05) is 24.8 Å². The molecule has 0 amide bonds. The average molecular weight is 237 g/mol. The molecule has 4 rings (SSSR count). The summed E-state index contributed by atoms with van der Waals surface area (Å²) >= 11 is 0. The highest BCUT2D eigenvalue weighted by atomic mass is 15.4. The molecular weight excluding hydrogens is 222 g/mol. The molecule has 0 saturated heterocycles. The molecule has 1 atom stereocenters. The lowest BCUT2D eigenvalue weighted by Gasteiger charge is -2.25. The normalized spacial score (nSPS) is 19.7. The minimum Gasteiger partial charge on any atom is -0.334 e. The topological polar surface area (TPSA) is 19.4 Å². The first-order valence-corrected chi connectivity index (χ1v) is 6.49. The van der Waals surface area contributed by atoms with E-state index in [9.17, 15) is 0 Å². The van der Waals surface area contributed by atoms with Crippen molar-refractivity contribution in [3.05, 3.63) is 48.2 Å². The van der Waals surface area contributed by atoms with Crippen molar-refractivity contribution in [1.82, 2.24) is 4.98 Å². The van der Waals surface area contributed by atoms with E-state index in [0.29, 0.717) is 6.17 Å². The fourth-order valence-electron chi connectivity index (χ4n) is 3.21. The van der Waals surface area contributed by atoms with Gasteiger partial charge >= 0.3 is 0 Å². The Morgan fingerprint density at radius 3 is 2.89 bits per heavy atom. The van der Waals surface area contributed by atoms with Crippen LogP contribution in [-0.4, -0.2) is 17.7 Å². The van der Waals surface area contributed by atoms with Crippen molar-refractivity contribution in [1.29, 1.82) is 0 Å². The Labute approximate surface area is 107 Å². The third-order valence-electron chi connectivity index (χ3n) is 3.95. The molecule has 3 heteroatoms. The largest absolute Gasteiger partial charge is 0.334 e. The highest BCUT2D eigenvalue weighted by Crippen LogP contribution is 2.48. The zero-order chi connectivity index (χ0) is 12.1. The van der Waals surface area contributed by atoms with Crippen LogP contribution in [0.25, 0.3) is 0 Å². The Kier molecular flexibility index (Phi) is 1.92. The van der Waals surface area contributed by atoms with Crippen LogP contribution in [0.3, 0.4) is 0 Å². The van der Waals surface area contributed by atoms with Gasteiger partial charge in [0.2, 0.25) is 0 Å². The maximum Gasteiger partial charge on any atom is 0.154 e. The van der Waals surface area contributed by atoms with E-state index >= 15 is 0 Å². The predicted molar refractivity (Wildman–Crippen MR) is 73.3 cm³/mol. The standard InChI is InChI=1S/C15H15N3/c1-2-17-14-10-11-6-3-4-7-12(11)18(14)13-8-5-9-16-15(13)17/h3-9,14H,2,10H2,1H3. The van der Waals surface area contributed by atoms with Crippen LogP contribution >= 0.6 is 0 Å². The fraction of sp³-hybridized carbons (Fsp3) is 0.267. The van der Waals surface area contributed by atoms with Crippen LogP contribution in [0.2, 0.25) is 0 Å². The van der Waals surface area contributed by atoms with Crippen LogP contribution in [-0.2, 0) is 6.42 Å². The van der Waals surface area contributed by atoms with Gasteiger partial charge in [-0.2, -0.15) is 0 Å². The number of fused-ring (bicyclic) bond motifs is 5. The van der Waals surface area contributed by atoms with Crippen LogP contribution in [0.15, 0.2) is 42.6 Å². The minimum absolute atomic E-state index is 0.414. The Hall–Kier alpha value is -2.03. The van der Waals surface area contributed by atoms with Crippen molar-refractivity contribution >= 4 is 17.2 Å². The number of hydrogen-bond donors (Lipinski definition) is 0. The summed E-state index contributed by atoms with van der Waals surface area (Å²) in [5.41, 5.74) is 4.03. The highest BCUT2D eigenvalue weighted by molar-refractivity contribution is 5.84. The second-order valence-electron chi connectivity index (χ2n) is 4.82. The number of likely N-dealkylation sites (N-methyl/N-ethyl adjacent to an activating group) is 1. The van der Waals surface area contributed by atoms with Gasteiger partial charge in [-0.3, -0.25) is 0 Å². The molecule has 1 aromatic carbocycles. The molecule has 18 heavy (non-hydrogen) atoms. The minimum atomic E-state index is 0.414. The van der Waals surface area contributed by atoms with E-state index in [4.69, 9.17) is 0 Å². The molecule has 0 radical (unpaired) electrons. The molecule has 0 N–H and O–H groups in total. The molecule has 0 aliphatic carbocycles. The molecule has 2 aliphatic rings. The van der Waals surface area contributed by atoms with Crippen LogP contribution in [0, 0.1) is 0 Å². The van der Waals surface area contributed by atoms with E-state index < -0.39 is 0 Å². The number of benzene rings is 1. The van der Waals surface area contributed by atoms with Crippen molar-refractivity contribution in [2.75, 3.05) is 16.3 Å². The van der Waals surface area contributed by atoms with Crippen LogP contribution in [0.1, 0.15) is 12.5 Å². The van der Waals surface area contributed by atoms with Gasteiger partial charge in [-0.1, -0.05) is 18.2 Å². The van der Waals surface area contributed by atoms with E-state index in [0.717, 1.165) is 18.8 Å².